The summed E-state index contributed by atoms with van der Waals surface area (Å²) in [6.07, 6.45) is 3.68. The molecule has 2 aromatic carbocycles. The molecule has 0 radical (unpaired) electrons. The summed E-state index contributed by atoms with van der Waals surface area (Å²) in [5, 5.41) is 8.92. The van der Waals surface area contributed by atoms with E-state index in [1.165, 1.54) is 0 Å². The molecule has 0 bridgehead atoms. The van der Waals surface area contributed by atoms with Gasteiger partial charge in [-0.2, -0.15) is 5.26 Å². The number of carbonyl (C=O) groups is 1. The summed E-state index contributed by atoms with van der Waals surface area (Å²) in [5.41, 5.74) is 1.44. The van der Waals surface area contributed by atoms with Crippen LogP contribution >= 0.6 is 0 Å². The van der Waals surface area contributed by atoms with E-state index in [0.29, 0.717) is 30.2 Å². The molecule has 0 saturated carbocycles. The summed E-state index contributed by atoms with van der Waals surface area (Å²) < 4.78 is 5.82. The molecule has 1 heterocycles. The van der Waals surface area contributed by atoms with Crippen LogP contribution in [0.3, 0.4) is 0 Å². The van der Waals surface area contributed by atoms with Gasteiger partial charge in [-0.3, -0.25) is 9.78 Å². The molecule has 0 unspecified atom stereocenters. The number of amides is 1. The molecule has 5 heteroatoms. The van der Waals surface area contributed by atoms with Gasteiger partial charge < -0.3 is 9.64 Å². The van der Waals surface area contributed by atoms with E-state index in [4.69, 9.17) is 10.00 Å². The van der Waals surface area contributed by atoms with Crippen LogP contribution in [0.15, 0.2) is 79.1 Å². The standard InChI is InChI=1S/C22H19N3O2/c23-12-6-14-25(17-18-7-5-13-24-16-18)22(26)19-8-4-11-21(15-19)27-20-9-2-1-3-10-20/h1-5,7-11,13,15-16H,6,14,17H2. The SMILES string of the molecule is N#CCCN(Cc1cccnc1)C(=O)c1cccc(Oc2ccccc2)c1. The minimum absolute atomic E-state index is 0.146. The first-order chi connectivity index (χ1) is 13.3. The van der Waals surface area contributed by atoms with Crippen LogP contribution in [0.5, 0.6) is 11.5 Å². The van der Waals surface area contributed by atoms with Gasteiger partial charge in [0.2, 0.25) is 0 Å². The van der Waals surface area contributed by atoms with E-state index in [2.05, 4.69) is 11.1 Å². The van der Waals surface area contributed by atoms with Crippen molar-refractivity contribution in [3.05, 3.63) is 90.3 Å². The van der Waals surface area contributed by atoms with E-state index in [-0.39, 0.29) is 12.3 Å². The van der Waals surface area contributed by atoms with Crippen LogP contribution in [0.25, 0.3) is 0 Å². The molecule has 1 aromatic heterocycles. The average molecular weight is 357 g/mol. The van der Waals surface area contributed by atoms with Gasteiger partial charge in [-0.1, -0.05) is 30.3 Å². The maximum atomic E-state index is 13.0. The van der Waals surface area contributed by atoms with Crippen LogP contribution in [0.4, 0.5) is 0 Å². The zero-order chi connectivity index (χ0) is 18.9. The maximum absolute atomic E-state index is 13.0. The van der Waals surface area contributed by atoms with Crippen LogP contribution in [0.1, 0.15) is 22.3 Å². The van der Waals surface area contributed by atoms with Crippen molar-refractivity contribution in [2.24, 2.45) is 0 Å². The fourth-order valence-electron chi connectivity index (χ4n) is 2.65. The molecule has 0 atom stereocenters. The van der Waals surface area contributed by atoms with Crippen molar-refractivity contribution in [1.29, 1.82) is 5.26 Å². The van der Waals surface area contributed by atoms with Gasteiger partial charge >= 0.3 is 0 Å². The Balaban J connectivity index is 1.78. The van der Waals surface area contributed by atoms with Crippen molar-refractivity contribution in [2.45, 2.75) is 13.0 Å². The molecule has 0 saturated heterocycles. The molecule has 0 fully saturated rings. The van der Waals surface area contributed by atoms with E-state index >= 15 is 0 Å². The van der Waals surface area contributed by atoms with Gasteiger partial charge in [-0.05, 0) is 42.0 Å². The molecule has 0 N–H and O–H groups in total. The molecule has 27 heavy (non-hydrogen) atoms. The average Bonchev–Trinajstić information content (AvgIpc) is 2.72. The number of benzene rings is 2. The highest BCUT2D eigenvalue weighted by Crippen LogP contribution is 2.22. The second-order valence-corrected chi connectivity index (χ2v) is 5.94. The number of rotatable bonds is 7. The van der Waals surface area contributed by atoms with Crippen molar-refractivity contribution in [3.8, 4) is 17.6 Å². The number of aromatic nitrogens is 1. The lowest BCUT2D eigenvalue weighted by Crippen LogP contribution is -2.31. The minimum atomic E-state index is -0.146. The van der Waals surface area contributed by atoms with Crippen LogP contribution in [-0.2, 0) is 6.54 Å². The summed E-state index contributed by atoms with van der Waals surface area (Å²) >= 11 is 0. The zero-order valence-electron chi connectivity index (χ0n) is 14.8. The molecule has 1 amide bonds. The van der Waals surface area contributed by atoms with Gasteiger partial charge in [-0.25, -0.2) is 0 Å². The van der Waals surface area contributed by atoms with Gasteiger partial charge in [0, 0.05) is 31.0 Å². The van der Waals surface area contributed by atoms with Crippen molar-refractivity contribution >= 4 is 5.91 Å². The molecule has 3 rings (SSSR count). The van der Waals surface area contributed by atoms with E-state index in [0.717, 1.165) is 5.56 Å². The smallest absolute Gasteiger partial charge is 0.254 e. The Labute approximate surface area is 158 Å². The third-order valence-corrected chi connectivity index (χ3v) is 3.94. The Morgan fingerprint density at radius 1 is 1.04 bits per heavy atom. The third-order valence-electron chi connectivity index (χ3n) is 3.94. The topological polar surface area (TPSA) is 66.2 Å². The Hall–Kier alpha value is -3.65. The largest absolute Gasteiger partial charge is 0.457 e. The highest BCUT2D eigenvalue weighted by Gasteiger charge is 2.17. The number of para-hydroxylation sites is 1. The van der Waals surface area contributed by atoms with Gasteiger partial charge in [0.1, 0.15) is 11.5 Å². The van der Waals surface area contributed by atoms with Gasteiger partial charge in [0.15, 0.2) is 0 Å². The zero-order valence-corrected chi connectivity index (χ0v) is 14.8. The highest BCUT2D eigenvalue weighted by molar-refractivity contribution is 5.94. The van der Waals surface area contributed by atoms with Crippen molar-refractivity contribution < 1.29 is 9.53 Å². The quantitative estimate of drug-likeness (QED) is 0.627. The molecular weight excluding hydrogens is 338 g/mol. The predicted molar refractivity (Wildman–Crippen MR) is 102 cm³/mol. The van der Waals surface area contributed by atoms with Gasteiger partial charge in [-0.15, -0.1) is 0 Å². The summed E-state index contributed by atoms with van der Waals surface area (Å²) in [7, 11) is 0. The monoisotopic (exact) mass is 357 g/mol. The molecule has 0 aliphatic carbocycles. The number of nitriles is 1. The van der Waals surface area contributed by atoms with Crippen LogP contribution < -0.4 is 4.74 Å². The Bertz CT molecular complexity index is 921. The number of hydrogen-bond donors (Lipinski definition) is 0. The fourth-order valence-corrected chi connectivity index (χ4v) is 2.65. The number of ether oxygens (including phenoxy) is 1. The van der Waals surface area contributed by atoms with Crippen molar-refractivity contribution in [3.63, 3.8) is 0 Å². The fraction of sp³-hybridized carbons (Fsp3) is 0.136. The summed E-state index contributed by atoms with van der Waals surface area (Å²) in [5.74, 6) is 1.15. The van der Waals surface area contributed by atoms with Crippen molar-refractivity contribution in [1.82, 2.24) is 9.88 Å². The number of carbonyl (C=O) groups excluding carboxylic acids is 1. The summed E-state index contributed by atoms with van der Waals surface area (Å²) in [6, 6.07) is 22.3. The Kier molecular flexibility index (Phi) is 6.16. The first-order valence-corrected chi connectivity index (χ1v) is 8.64. The lowest BCUT2D eigenvalue weighted by molar-refractivity contribution is 0.0746. The molecule has 0 spiro atoms. The predicted octanol–water partition coefficient (Wildman–Crippen LogP) is 4.43. The number of hydrogen-bond acceptors (Lipinski definition) is 4. The third kappa shape index (κ3) is 5.16. The molecule has 134 valence electrons. The van der Waals surface area contributed by atoms with E-state index < -0.39 is 0 Å². The van der Waals surface area contributed by atoms with Crippen LogP contribution in [0.2, 0.25) is 0 Å². The second kappa shape index (κ2) is 9.16. The molecule has 0 aliphatic heterocycles. The summed E-state index contributed by atoms with van der Waals surface area (Å²) in [6.45, 7) is 0.756. The number of pyridine rings is 1. The molecule has 5 nitrogen and oxygen atoms in total. The normalized spacial score (nSPS) is 10.0. The molecule has 3 aromatic rings. The highest BCUT2D eigenvalue weighted by atomic mass is 16.5. The van der Waals surface area contributed by atoms with Crippen LogP contribution in [-0.4, -0.2) is 22.3 Å². The number of nitrogens with zero attached hydrogens (tertiary/aromatic N) is 3. The van der Waals surface area contributed by atoms with Crippen molar-refractivity contribution in [2.75, 3.05) is 6.54 Å². The second-order valence-electron chi connectivity index (χ2n) is 5.94. The Morgan fingerprint density at radius 3 is 2.59 bits per heavy atom. The molecular formula is C22H19N3O2. The lowest BCUT2D eigenvalue weighted by atomic mass is 10.1. The molecule has 0 aliphatic rings. The van der Waals surface area contributed by atoms with Gasteiger partial charge in [0.25, 0.3) is 5.91 Å². The first-order valence-electron chi connectivity index (χ1n) is 8.64. The Morgan fingerprint density at radius 2 is 1.85 bits per heavy atom. The van der Waals surface area contributed by atoms with Crippen LogP contribution in [0, 0.1) is 11.3 Å². The maximum Gasteiger partial charge on any atom is 0.254 e. The first kappa shape index (κ1) is 18.2. The minimum Gasteiger partial charge on any atom is -0.457 e. The van der Waals surface area contributed by atoms with E-state index in [1.807, 2.05) is 48.5 Å². The lowest BCUT2D eigenvalue weighted by Gasteiger charge is -2.22. The van der Waals surface area contributed by atoms with Gasteiger partial charge in [0.05, 0.1) is 12.5 Å². The van der Waals surface area contributed by atoms with E-state index in [9.17, 15) is 4.79 Å². The summed E-state index contributed by atoms with van der Waals surface area (Å²) in [4.78, 5) is 18.7. The van der Waals surface area contributed by atoms with E-state index in [1.54, 1.807) is 35.5 Å².